The van der Waals surface area contributed by atoms with Crippen LogP contribution in [0.25, 0.3) is 0 Å². The Morgan fingerprint density at radius 2 is 2.04 bits per heavy atom. The van der Waals surface area contributed by atoms with Gasteiger partial charge in [-0.3, -0.25) is 9.59 Å². The number of nitrogens with two attached hydrogens (primary N) is 1. The minimum Gasteiger partial charge on any atom is -0.480 e. The van der Waals surface area contributed by atoms with Gasteiger partial charge in [-0.2, -0.15) is 0 Å². The standard InChI is InChI=1S/C16H17N3O3S2/c1-8-9(2)23-13-11(8)14(20)19(17)16(18-13)24-12(15(21)22)10-6-4-3-5-7-10/h3-7,12,16,18H,17H2,1-2H3,(H,21,22). The third-order valence-electron chi connectivity index (χ3n) is 3.93. The molecule has 2 heterocycles. The highest BCUT2D eigenvalue weighted by Gasteiger charge is 2.37. The van der Waals surface area contributed by atoms with E-state index < -0.39 is 16.7 Å². The van der Waals surface area contributed by atoms with Gasteiger partial charge in [-0.25, -0.2) is 10.9 Å². The summed E-state index contributed by atoms with van der Waals surface area (Å²) in [5.41, 5.74) is 1.48. The lowest BCUT2D eigenvalue weighted by Crippen LogP contribution is -2.51. The zero-order valence-corrected chi connectivity index (χ0v) is 14.8. The number of carboxylic acid groups (broad SMARTS) is 1. The van der Waals surface area contributed by atoms with E-state index in [1.54, 1.807) is 24.3 Å². The first-order chi connectivity index (χ1) is 11.4. The molecule has 1 aromatic carbocycles. The van der Waals surface area contributed by atoms with Crippen LogP contribution < -0.4 is 11.2 Å². The van der Waals surface area contributed by atoms with Crippen LogP contribution in [0, 0.1) is 13.8 Å². The number of carbonyl (C=O) groups is 2. The fourth-order valence-electron chi connectivity index (χ4n) is 2.54. The van der Waals surface area contributed by atoms with Crippen LogP contribution in [0.4, 0.5) is 5.00 Å². The first kappa shape index (κ1) is 16.8. The Labute approximate surface area is 147 Å². The van der Waals surface area contributed by atoms with E-state index in [2.05, 4.69) is 5.32 Å². The number of nitrogens with zero attached hydrogens (tertiary/aromatic N) is 1. The number of fused-ring (bicyclic) bond motifs is 1. The van der Waals surface area contributed by atoms with E-state index in [1.807, 2.05) is 19.9 Å². The molecule has 0 saturated heterocycles. The summed E-state index contributed by atoms with van der Waals surface area (Å²) in [5, 5.41) is 13.7. The highest BCUT2D eigenvalue weighted by molar-refractivity contribution is 8.00. The molecule has 0 radical (unpaired) electrons. The van der Waals surface area contributed by atoms with Crippen LogP contribution in [0.2, 0.25) is 0 Å². The van der Waals surface area contributed by atoms with Crippen LogP contribution >= 0.6 is 23.1 Å². The summed E-state index contributed by atoms with van der Waals surface area (Å²) in [6.45, 7) is 3.83. The number of benzene rings is 1. The van der Waals surface area contributed by atoms with Gasteiger partial charge in [0.1, 0.15) is 10.3 Å². The topological polar surface area (TPSA) is 95.7 Å². The molecule has 2 atom stereocenters. The van der Waals surface area contributed by atoms with Crippen LogP contribution in [0.15, 0.2) is 30.3 Å². The van der Waals surface area contributed by atoms with Gasteiger partial charge in [0.15, 0.2) is 5.50 Å². The molecule has 4 N–H and O–H groups in total. The molecule has 1 aliphatic heterocycles. The highest BCUT2D eigenvalue weighted by Crippen LogP contribution is 2.41. The van der Waals surface area contributed by atoms with Crippen LogP contribution in [0.1, 0.15) is 31.6 Å². The van der Waals surface area contributed by atoms with Gasteiger partial charge in [0.25, 0.3) is 5.91 Å². The summed E-state index contributed by atoms with van der Waals surface area (Å²) in [7, 11) is 0. The number of aliphatic carboxylic acids is 1. The molecule has 6 nitrogen and oxygen atoms in total. The number of hydrazine groups is 1. The molecule has 0 fully saturated rings. The lowest BCUT2D eigenvalue weighted by molar-refractivity contribution is -0.136. The van der Waals surface area contributed by atoms with E-state index in [0.29, 0.717) is 11.1 Å². The van der Waals surface area contributed by atoms with Gasteiger partial charge >= 0.3 is 5.97 Å². The lowest BCUT2D eigenvalue weighted by atomic mass is 10.1. The molecule has 8 heteroatoms. The second-order valence-electron chi connectivity index (χ2n) is 5.46. The predicted octanol–water partition coefficient (Wildman–Crippen LogP) is 2.95. The van der Waals surface area contributed by atoms with Crippen molar-refractivity contribution in [2.24, 2.45) is 5.84 Å². The molecular weight excluding hydrogens is 346 g/mol. The molecule has 1 aliphatic rings. The van der Waals surface area contributed by atoms with E-state index in [1.165, 1.54) is 11.3 Å². The Morgan fingerprint density at radius 1 is 1.38 bits per heavy atom. The maximum atomic E-state index is 12.6. The van der Waals surface area contributed by atoms with Gasteiger partial charge in [-0.05, 0) is 25.0 Å². The molecule has 0 aliphatic carbocycles. The molecule has 126 valence electrons. The van der Waals surface area contributed by atoms with Crippen LogP contribution in [-0.2, 0) is 4.79 Å². The zero-order valence-electron chi connectivity index (χ0n) is 13.1. The summed E-state index contributed by atoms with van der Waals surface area (Å²) < 4.78 is 0. The Bertz CT molecular complexity index is 791. The summed E-state index contributed by atoms with van der Waals surface area (Å²) in [4.78, 5) is 25.3. The average molecular weight is 363 g/mol. The molecule has 1 aromatic heterocycles. The Balaban J connectivity index is 1.89. The summed E-state index contributed by atoms with van der Waals surface area (Å²) in [6.07, 6.45) is 0. The molecule has 3 rings (SSSR count). The summed E-state index contributed by atoms with van der Waals surface area (Å²) in [5.74, 6) is 4.69. The number of carboxylic acids is 1. The molecule has 1 amide bonds. The van der Waals surface area contributed by atoms with Gasteiger partial charge < -0.3 is 10.4 Å². The number of carbonyl (C=O) groups excluding carboxylic acids is 1. The fourth-order valence-corrected chi connectivity index (χ4v) is 4.79. The SMILES string of the molecule is Cc1sc2c(c1C)C(=O)N(N)C(SC(C(=O)O)c1ccccc1)N2. The Hall–Kier alpha value is -2.03. The van der Waals surface area contributed by atoms with Crippen molar-refractivity contribution in [3.63, 3.8) is 0 Å². The monoisotopic (exact) mass is 363 g/mol. The Morgan fingerprint density at radius 3 is 2.67 bits per heavy atom. The number of nitrogens with one attached hydrogen (secondary N) is 1. The van der Waals surface area contributed by atoms with E-state index >= 15 is 0 Å². The van der Waals surface area contributed by atoms with Crippen molar-refractivity contribution >= 4 is 40.0 Å². The van der Waals surface area contributed by atoms with E-state index in [0.717, 1.165) is 32.2 Å². The van der Waals surface area contributed by atoms with Crippen molar-refractivity contribution in [1.29, 1.82) is 0 Å². The third-order valence-corrected chi connectivity index (χ3v) is 6.42. The molecular formula is C16H17N3O3S2. The number of rotatable bonds is 4. The van der Waals surface area contributed by atoms with Crippen LogP contribution in [0.5, 0.6) is 0 Å². The zero-order chi connectivity index (χ0) is 17.4. The van der Waals surface area contributed by atoms with Crippen molar-refractivity contribution in [3.05, 3.63) is 51.9 Å². The van der Waals surface area contributed by atoms with Crippen LogP contribution in [-0.4, -0.2) is 27.5 Å². The lowest BCUT2D eigenvalue weighted by Gasteiger charge is -2.34. The first-order valence-corrected chi connectivity index (χ1v) is 9.04. The number of hydrogen-bond acceptors (Lipinski definition) is 6. The average Bonchev–Trinajstić information content (AvgIpc) is 2.84. The highest BCUT2D eigenvalue weighted by atomic mass is 32.2. The molecule has 2 unspecified atom stereocenters. The predicted molar refractivity (Wildman–Crippen MR) is 96.0 cm³/mol. The smallest absolute Gasteiger partial charge is 0.321 e. The van der Waals surface area contributed by atoms with E-state index in [4.69, 9.17) is 5.84 Å². The third kappa shape index (κ3) is 2.88. The number of hydrogen-bond donors (Lipinski definition) is 3. The second kappa shape index (κ2) is 6.46. The molecule has 0 spiro atoms. The van der Waals surface area contributed by atoms with Crippen LogP contribution in [0.3, 0.4) is 0 Å². The number of aryl methyl sites for hydroxylation is 1. The van der Waals surface area contributed by atoms with E-state index in [-0.39, 0.29) is 5.91 Å². The van der Waals surface area contributed by atoms with Gasteiger partial charge in [0.2, 0.25) is 0 Å². The van der Waals surface area contributed by atoms with Crippen molar-refractivity contribution in [2.45, 2.75) is 24.6 Å². The maximum Gasteiger partial charge on any atom is 0.321 e. The van der Waals surface area contributed by atoms with Gasteiger partial charge in [0.05, 0.1) is 5.56 Å². The number of anilines is 1. The Kier molecular flexibility index (Phi) is 4.53. The van der Waals surface area contributed by atoms with Crippen molar-refractivity contribution in [3.8, 4) is 0 Å². The molecule has 0 bridgehead atoms. The molecule has 24 heavy (non-hydrogen) atoms. The number of amides is 1. The quantitative estimate of drug-likeness (QED) is 0.571. The van der Waals surface area contributed by atoms with E-state index in [9.17, 15) is 14.7 Å². The minimum absolute atomic E-state index is 0.291. The first-order valence-electron chi connectivity index (χ1n) is 7.28. The van der Waals surface area contributed by atoms with Gasteiger partial charge in [-0.15, -0.1) is 11.3 Å². The largest absolute Gasteiger partial charge is 0.480 e. The van der Waals surface area contributed by atoms with Crippen molar-refractivity contribution in [2.75, 3.05) is 5.32 Å². The maximum absolute atomic E-state index is 12.6. The summed E-state index contributed by atoms with van der Waals surface area (Å²) in [6, 6.07) is 8.91. The van der Waals surface area contributed by atoms with Crippen molar-refractivity contribution in [1.82, 2.24) is 5.01 Å². The summed E-state index contributed by atoms with van der Waals surface area (Å²) >= 11 is 2.58. The minimum atomic E-state index is -0.974. The molecule has 2 aromatic rings. The van der Waals surface area contributed by atoms with Crippen molar-refractivity contribution < 1.29 is 14.7 Å². The number of thioether (sulfide) groups is 1. The second-order valence-corrected chi connectivity index (χ2v) is 7.88. The molecule has 0 saturated carbocycles. The van der Waals surface area contributed by atoms with Gasteiger partial charge in [-0.1, -0.05) is 42.1 Å². The van der Waals surface area contributed by atoms with Gasteiger partial charge in [0, 0.05) is 4.88 Å². The normalized spacial score (nSPS) is 18.0. The number of thiophene rings is 1. The fraction of sp³-hybridized carbons (Fsp3) is 0.250.